The van der Waals surface area contributed by atoms with E-state index in [1.54, 1.807) is 19.1 Å². The number of rotatable bonds is 11. The second-order valence-corrected chi connectivity index (χ2v) is 10.6. The van der Waals surface area contributed by atoms with Crippen molar-refractivity contribution in [2.75, 3.05) is 19.0 Å². The minimum Gasteiger partial charge on any atom is -0.462 e. The fraction of sp³-hybridized carbons (Fsp3) is 0.440. The Balaban J connectivity index is 1.34. The number of carbonyl (C=O) groups is 2. The van der Waals surface area contributed by atoms with Crippen molar-refractivity contribution in [1.82, 2.24) is 0 Å². The monoisotopic (exact) mass is 476 g/mol. The van der Waals surface area contributed by atoms with Crippen LogP contribution in [0.3, 0.4) is 0 Å². The standard InChI is InChI=1S/C25H29FO4S2/c1-18(20-11-12-22(23(26)17-20)19-7-3-2-4-8-19)25(28)30-15-14-29-24(27)10-6-5-9-21-13-16-31-32-21/h2-4,7-8,11-12,17-18,21H,5-6,9-10,13-16H2,1H3. The highest BCUT2D eigenvalue weighted by molar-refractivity contribution is 8.77. The number of halogens is 1. The van der Waals surface area contributed by atoms with Gasteiger partial charge >= 0.3 is 11.9 Å². The number of hydrogen-bond acceptors (Lipinski definition) is 6. The molecule has 1 aliphatic rings. The van der Waals surface area contributed by atoms with Gasteiger partial charge in [-0.25, -0.2) is 4.39 Å². The third kappa shape index (κ3) is 7.55. The number of ether oxygens (including phenoxy) is 2. The highest BCUT2D eigenvalue weighted by Gasteiger charge is 2.19. The second kappa shape index (κ2) is 12.9. The molecule has 0 amide bonds. The van der Waals surface area contributed by atoms with Gasteiger partial charge in [0.15, 0.2) is 0 Å². The summed E-state index contributed by atoms with van der Waals surface area (Å²) in [6.45, 7) is 1.70. The summed E-state index contributed by atoms with van der Waals surface area (Å²) in [4.78, 5) is 24.1. The van der Waals surface area contributed by atoms with E-state index in [2.05, 4.69) is 0 Å². The number of esters is 2. The van der Waals surface area contributed by atoms with Crippen LogP contribution in [0.4, 0.5) is 4.39 Å². The summed E-state index contributed by atoms with van der Waals surface area (Å²) in [6.07, 6.45) is 4.64. The number of unbranched alkanes of at least 4 members (excludes halogenated alkanes) is 1. The lowest BCUT2D eigenvalue weighted by atomic mass is 9.97. The van der Waals surface area contributed by atoms with E-state index < -0.39 is 11.9 Å². The summed E-state index contributed by atoms with van der Waals surface area (Å²) in [5, 5.41) is 0.723. The SMILES string of the molecule is CC(C(=O)OCCOC(=O)CCCCC1CCSS1)c1ccc(-c2ccccc2)c(F)c1. The molecule has 4 nitrogen and oxygen atoms in total. The van der Waals surface area contributed by atoms with E-state index in [4.69, 9.17) is 9.47 Å². The van der Waals surface area contributed by atoms with Crippen LogP contribution in [0.25, 0.3) is 11.1 Å². The molecular weight excluding hydrogens is 447 g/mol. The molecule has 3 rings (SSSR count). The number of hydrogen-bond donors (Lipinski definition) is 0. The predicted molar refractivity (Wildman–Crippen MR) is 129 cm³/mol. The van der Waals surface area contributed by atoms with E-state index in [1.807, 2.05) is 51.9 Å². The zero-order valence-electron chi connectivity index (χ0n) is 18.3. The minimum absolute atomic E-state index is 0.00453. The summed E-state index contributed by atoms with van der Waals surface area (Å²) in [5.41, 5.74) is 1.82. The van der Waals surface area contributed by atoms with Crippen LogP contribution in [-0.4, -0.2) is 36.2 Å². The van der Waals surface area contributed by atoms with E-state index in [0.29, 0.717) is 17.5 Å². The molecule has 2 aromatic carbocycles. The van der Waals surface area contributed by atoms with Crippen LogP contribution in [0.5, 0.6) is 0 Å². The van der Waals surface area contributed by atoms with E-state index in [9.17, 15) is 14.0 Å². The normalized spacial score (nSPS) is 16.5. The third-order valence-electron chi connectivity index (χ3n) is 5.41. The van der Waals surface area contributed by atoms with Crippen LogP contribution in [0.15, 0.2) is 48.5 Å². The Morgan fingerprint density at radius 2 is 1.88 bits per heavy atom. The van der Waals surface area contributed by atoms with Crippen molar-refractivity contribution < 1.29 is 23.5 Å². The minimum atomic E-state index is -0.614. The van der Waals surface area contributed by atoms with Crippen molar-refractivity contribution in [2.24, 2.45) is 0 Å². The summed E-state index contributed by atoms with van der Waals surface area (Å²) >= 11 is 0. The highest BCUT2D eigenvalue weighted by Crippen LogP contribution is 2.39. The smallest absolute Gasteiger partial charge is 0.313 e. The molecular formula is C25H29FO4S2. The van der Waals surface area contributed by atoms with Crippen molar-refractivity contribution >= 4 is 33.5 Å². The topological polar surface area (TPSA) is 52.6 Å². The third-order valence-corrected chi connectivity index (χ3v) is 8.41. The number of benzene rings is 2. The second-order valence-electron chi connectivity index (χ2n) is 7.79. The first-order valence-electron chi connectivity index (χ1n) is 11.0. The zero-order chi connectivity index (χ0) is 22.8. The molecule has 0 bridgehead atoms. The molecule has 0 aromatic heterocycles. The molecule has 0 aliphatic carbocycles. The van der Waals surface area contributed by atoms with Crippen LogP contribution in [0.2, 0.25) is 0 Å². The van der Waals surface area contributed by atoms with Gasteiger partial charge in [-0.3, -0.25) is 9.59 Å². The Labute approximate surface area is 197 Å². The predicted octanol–water partition coefficient (Wildman–Crippen LogP) is 6.40. The Morgan fingerprint density at radius 3 is 2.59 bits per heavy atom. The van der Waals surface area contributed by atoms with Gasteiger partial charge in [-0.05, 0) is 43.4 Å². The molecule has 2 aromatic rings. The average Bonchev–Trinajstić information content (AvgIpc) is 3.33. The molecule has 0 radical (unpaired) electrons. The molecule has 1 heterocycles. The summed E-state index contributed by atoms with van der Waals surface area (Å²) in [6, 6.07) is 14.0. The van der Waals surface area contributed by atoms with Gasteiger partial charge in [-0.2, -0.15) is 0 Å². The quantitative estimate of drug-likeness (QED) is 0.213. The van der Waals surface area contributed by atoms with Gasteiger partial charge < -0.3 is 9.47 Å². The first-order valence-corrected chi connectivity index (χ1v) is 13.4. The molecule has 0 N–H and O–H groups in total. The van der Waals surface area contributed by atoms with Gasteiger partial charge in [0, 0.05) is 23.0 Å². The fourth-order valence-electron chi connectivity index (χ4n) is 3.49. The largest absolute Gasteiger partial charge is 0.462 e. The molecule has 0 saturated carbocycles. The summed E-state index contributed by atoms with van der Waals surface area (Å²) in [5.74, 6) is -0.506. The Morgan fingerprint density at radius 1 is 1.09 bits per heavy atom. The van der Waals surface area contributed by atoms with Crippen LogP contribution >= 0.6 is 21.6 Å². The number of carbonyl (C=O) groups excluding carboxylic acids is 2. The molecule has 1 aliphatic heterocycles. The Bertz CT molecular complexity index is 885. The van der Waals surface area contributed by atoms with Gasteiger partial charge in [-0.1, -0.05) is 70.5 Å². The fourth-order valence-corrected chi connectivity index (χ4v) is 6.52. The van der Waals surface area contributed by atoms with Gasteiger partial charge in [0.25, 0.3) is 0 Å². The van der Waals surface area contributed by atoms with Crippen LogP contribution in [0, 0.1) is 5.82 Å². The van der Waals surface area contributed by atoms with Crippen molar-refractivity contribution in [3.8, 4) is 11.1 Å². The Kier molecular flexibility index (Phi) is 9.93. The molecule has 2 unspecified atom stereocenters. The molecule has 0 spiro atoms. The molecule has 32 heavy (non-hydrogen) atoms. The molecule has 2 atom stereocenters. The van der Waals surface area contributed by atoms with Gasteiger partial charge in [-0.15, -0.1) is 0 Å². The molecule has 1 fully saturated rings. The van der Waals surface area contributed by atoms with Gasteiger partial charge in [0.05, 0.1) is 5.92 Å². The lowest BCUT2D eigenvalue weighted by molar-refractivity contribution is -0.153. The van der Waals surface area contributed by atoms with Crippen LogP contribution < -0.4 is 0 Å². The summed E-state index contributed by atoms with van der Waals surface area (Å²) < 4.78 is 24.9. The zero-order valence-corrected chi connectivity index (χ0v) is 19.9. The van der Waals surface area contributed by atoms with Gasteiger partial charge in [0.1, 0.15) is 19.0 Å². The van der Waals surface area contributed by atoms with E-state index in [1.165, 1.54) is 18.2 Å². The van der Waals surface area contributed by atoms with E-state index in [0.717, 1.165) is 30.1 Å². The molecule has 172 valence electrons. The lowest BCUT2D eigenvalue weighted by Crippen LogP contribution is -2.18. The van der Waals surface area contributed by atoms with E-state index in [-0.39, 0.29) is 25.0 Å². The highest BCUT2D eigenvalue weighted by atomic mass is 33.1. The van der Waals surface area contributed by atoms with Gasteiger partial charge in [0.2, 0.25) is 0 Å². The first-order chi connectivity index (χ1) is 15.5. The maximum Gasteiger partial charge on any atom is 0.313 e. The van der Waals surface area contributed by atoms with Crippen LogP contribution in [-0.2, 0) is 19.1 Å². The maximum atomic E-state index is 14.6. The van der Waals surface area contributed by atoms with E-state index >= 15 is 0 Å². The maximum absolute atomic E-state index is 14.6. The first kappa shape index (κ1) is 24.6. The molecule has 7 heteroatoms. The molecule has 1 saturated heterocycles. The van der Waals surface area contributed by atoms with Crippen molar-refractivity contribution in [3.63, 3.8) is 0 Å². The Hall–Kier alpha value is -1.99. The van der Waals surface area contributed by atoms with Crippen molar-refractivity contribution in [2.45, 2.75) is 50.2 Å². The lowest BCUT2D eigenvalue weighted by Gasteiger charge is -2.13. The van der Waals surface area contributed by atoms with Crippen molar-refractivity contribution in [1.29, 1.82) is 0 Å². The van der Waals surface area contributed by atoms with Crippen molar-refractivity contribution in [3.05, 3.63) is 59.9 Å². The van der Waals surface area contributed by atoms with Crippen LogP contribution in [0.1, 0.15) is 50.5 Å². The summed E-state index contributed by atoms with van der Waals surface area (Å²) in [7, 11) is 3.88. The average molecular weight is 477 g/mol.